The van der Waals surface area contributed by atoms with Crippen molar-refractivity contribution in [2.45, 2.75) is 26.3 Å². The molecule has 0 bridgehead atoms. The van der Waals surface area contributed by atoms with E-state index in [1.165, 1.54) is 11.3 Å². The van der Waals surface area contributed by atoms with Gasteiger partial charge in [0.1, 0.15) is 0 Å². The van der Waals surface area contributed by atoms with E-state index in [0.717, 1.165) is 21.2 Å². The molecule has 4 nitrogen and oxygen atoms in total. The number of nitrogens with two attached hydrogens (primary N) is 1. The molecule has 0 aromatic carbocycles. The van der Waals surface area contributed by atoms with E-state index in [2.05, 4.69) is 18.8 Å². The van der Waals surface area contributed by atoms with Crippen LogP contribution in [0.25, 0.3) is 10.4 Å². The number of carbonyl (C=O) groups excluding carboxylic acids is 1. The molecule has 3 heterocycles. The number of hydrogen-bond acceptors (Lipinski definition) is 3. The molecule has 1 atom stereocenters. The molecule has 1 amide bonds. The molecule has 7 heteroatoms. The molecule has 3 rings (SSSR count). The van der Waals surface area contributed by atoms with Gasteiger partial charge in [0.25, 0.3) is 5.91 Å². The number of nitrogens with zero attached hydrogens (tertiary/aromatic N) is 1. The van der Waals surface area contributed by atoms with Crippen LogP contribution in [0.2, 0.25) is 4.34 Å². The Kier molecular flexibility index (Phi) is 5.46. The molecule has 2 aromatic heterocycles. The maximum atomic E-state index is 12.9. The van der Waals surface area contributed by atoms with Crippen LogP contribution in [0.5, 0.6) is 0 Å². The zero-order chi connectivity index (χ0) is 15.9. The minimum atomic E-state index is -0.0589. The summed E-state index contributed by atoms with van der Waals surface area (Å²) in [6.45, 7) is 5.63. The number of nitrogens with one attached hydrogen (secondary N) is 1. The first-order chi connectivity index (χ1) is 10.4. The SMILES string of the molecule is CC1(C)CN(C(=O)c2c[nH]cc2-c2ccc(Cl)s2)CCC1N.Cl. The average Bonchev–Trinajstić information content (AvgIpc) is 3.09. The van der Waals surface area contributed by atoms with Gasteiger partial charge in [-0.25, -0.2) is 0 Å². The normalized spacial score (nSPS) is 20.2. The molecule has 126 valence electrons. The average molecular weight is 374 g/mol. The Labute approximate surface area is 151 Å². The van der Waals surface area contributed by atoms with Gasteiger partial charge >= 0.3 is 0 Å². The number of carbonyl (C=O) groups is 1. The molecule has 1 unspecified atom stereocenters. The van der Waals surface area contributed by atoms with Crippen LogP contribution in [-0.2, 0) is 0 Å². The Balaban J connectivity index is 0.00000192. The lowest BCUT2D eigenvalue weighted by atomic mass is 9.79. The smallest absolute Gasteiger partial charge is 0.256 e. The molecule has 0 radical (unpaired) electrons. The first-order valence-electron chi connectivity index (χ1n) is 7.36. The molecular formula is C16H21Cl2N3OS. The summed E-state index contributed by atoms with van der Waals surface area (Å²) < 4.78 is 0.722. The first kappa shape index (κ1) is 18.3. The van der Waals surface area contributed by atoms with Crippen LogP contribution in [-0.4, -0.2) is 34.9 Å². The van der Waals surface area contributed by atoms with Gasteiger partial charge in [0.15, 0.2) is 0 Å². The van der Waals surface area contributed by atoms with Crippen LogP contribution in [0, 0.1) is 5.41 Å². The number of amides is 1. The summed E-state index contributed by atoms with van der Waals surface area (Å²) >= 11 is 7.49. The van der Waals surface area contributed by atoms with Crippen molar-refractivity contribution in [2.75, 3.05) is 13.1 Å². The molecule has 0 saturated carbocycles. The zero-order valence-corrected chi connectivity index (χ0v) is 15.5. The Hall–Kier alpha value is -1.01. The number of aromatic nitrogens is 1. The third kappa shape index (κ3) is 3.58. The quantitative estimate of drug-likeness (QED) is 0.834. The molecule has 1 fully saturated rings. The maximum Gasteiger partial charge on any atom is 0.256 e. The number of piperidine rings is 1. The predicted molar refractivity (Wildman–Crippen MR) is 98.6 cm³/mol. The second-order valence-electron chi connectivity index (χ2n) is 6.50. The van der Waals surface area contributed by atoms with E-state index in [0.29, 0.717) is 18.7 Å². The first-order valence-corrected chi connectivity index (χ1v) is 8.55. The van der Waals surface area contributed by atoms with Crippen LogP contribution in [0.4, 0.5) is 0 Å². The summed E-state index contributed by atoms with van der Waals surface area (Å²) in [4.78, 5) is 18.9. The molecule has 3 N–H and O–H groups in total. The van der Waals surface area contributed by atoms with E-state index >= 15 is 0 Å². The highest BCUT2D eigenvalue weighted by Gasteiger charge is 2.36. The van der Waals surface area contributed by atoms with Crippen LogP contribution in [0.15, 0.2) is 24.5 Å². The van der Waals surface area contributed by atoms with Gasteiger partial charge in [-0.05, 0) is 24.0 Å². The minimum Gasteiger partial charge on any atom is -0.366 e. The summed E-state index contributed by atoms with van der Waals surface area (Å²) in [5.74, 6) is 0.0562. The van der Waals surface area contributed by atoms with Crippen molar-refractivity contribution in [3.8, 4) is 10.4 Å². The van der Waals surface area contributed by atoms with Crippen molar-refractivity contribution in [2.24, 2.45) is 11.1 Å². The van der Waals surface area contributed by atoms with E-state index < -0.39 is 0 Å². The van der Waals surface area contributed by atoms with Gasteiger partial charge in [-0.1, -0.05) is 25.4 Å². The van der Waals surface area contributed by atoms with Crippen LogP contribution in [0.3, 0.4) is 0 Å². The summed E-state index contributed by atoms with van der Waals surface area (Å²) in [5.41, 5.74) is 7.71. The number of halogens is 2. The standard InChI is InChI=1S/C16H20ClN3OS.ClH/c1-16(2)9-20(6-5-13(16)18)15(21)11-8-19-7-10(11)12-3-4-14(17)22-12;/h3-4,7-8,13,19H,5-6,9,18H2,1-2H3;1H. The fourth-order valence-corrected chi connectivity index (χ4v) is 3.99. The number of thiophene rings is 1. The predicted octanol–water partition coefficient (Wildman–Crippen LogP) is 4.02. The van der Waals surface area contributed by atoms with Crippen LogP contribution in [0.1, 0.15) is 30.6 Å². The molecule has 1 aliphatic heterocycles. The number of rotatable bonds is 2. The second kappa shape index (κ2) is 6.85. The fourth-order valence-electron chi connectivity index (χ4n) is 2.92. The fraction of sp³-hybridized carbons (Fsp3) is 0.438. The Bertz CT molecular complexity index is 695. The molecular weight excluding hydrogens is 353 g/mol. The topological polar surface area (TPSA) is 62.1 Å². The number of likely N-dealkylation sites (tertiary alicyclic amines) is 1. The second-order valence-corrected chi connectivity index (χ2v) is 8.21. The van der Waals surface area contributed by atoms with Crippen molar-refractivity contribution < 1.29 is 4.79 Å². The van der Waals surface area contributed by atoms with Crippen molar-refractivity contribution in [3.63, 3.8) is 0 Å². The minimum absolute atomic E-state index is 0. The van der Waals surface area contributed by atoms with Crippen molar-refractivity contribution in [1.82, 2.24) is 9.88 Å². The lowest BCUT2D eigenvalue weighted by Gasteiger charge is -2.42. The highest BCUT2D eigenvalue weighted by atomic mass is 35.5. The highest BCUT2D eigenvalue weighted by molar-refractivity contribution is 7.19. The molecule has 2 aromatic rings. The summed E-state index contributed by atoms with van der Waals surface area (Å²) in [6.07, 6.45) is 4.46. The van der Waals surface area contributed by atoms with Gasteiger partial charge in [0.2, 0.25) is 0 Å². The van der Waals surface area contributed by atoms with Gasteiger partial charge in [0, 0.05) is 42.0 Å². The monoisotopic (exact) mass is 373 g/mol. The lowest BCUT2D eigenvalue weighted by Crippen LogP contribution is -2.54. The van der Waals surface area contributed by atoms with Crippen LogP contribution < -0.4 is 5.73 Å². The largest absolute Gasteiger partial charge is 0.366 e. The number of hydrogen-bond donors (Lipinski definition) is 2. The molecule has 1 aliphatic rings. The van der Waals surface area contributed by atoms with Crippen molar-refractivity contribution >= 4 is 41.3 Å². The maximum absolute atomic E-state index is 12.9. The highest BCUT2D eigenvalue weighted by Crippen LogP contribution is 2.35. The van der Waals surface area contributed by atoms with E-state index in [-0.39, 0.29) is 29.8 Å². The van der Waals surface area contributed by atoms with E-state index in [1.54, 1.807) is 6.20 Å². The van der Waals surface area contributed by atoms with Gasteiger partial charge in [-0.2, -0.15) is 0 Å². The van der Waals surface area contributed by atoms with Crippen LogP contribution >= 0.6 is 35.3 Å². The summed E-state index contributed by atoms with van der Waals surface area (Å²) in [6, 6.07) is 3.94. The zero-order valence-electron chi connectivity index (χ0n) is 13.1. The lowest BCUT2D eigenvalue weighted by molar-refractivity contribution is 0.0534. The molecule has 1 saturated heterocycles. The molecule has 0 aliphatic carbocycles. The number of aromatic amines is 1. The Morgan fingerprint density at radius 1 is 1.43 bits per heavy atom. The van der Waals surface area contributed by atoms with Gasteiger partial charge in [0.05, 0.1) is 9.90 Å². The Morgan fingerprint density at radius 3 is 2.78 bits per heavy atom. The van der Waals surface area contributed by atoms with Gasteiger partial charge in [-0.3, -0.25) is 4.79 Å². The van der Waals surface area contributed by atoms with E-state index in [9.17, 15) is 4.79 Å². The summed E-state index contributed by atoms with van der Waals surface area (Å²) in [7, 11) is 0. The third-order valence-corrected chi connectivity index (χ3v) is 5.68. The summed E-state index contributed by atoms with van der Waals surface area (Å²) in [5, 5.41) is 0. The van der Waals surface area contributed by atoms with E-state index in [4.69, 9.17) is 17.3 Å². The molecule has 0 spiro atoms. The number of H-pyrrole nitrogens is 1. The molecule has 23 heavy (non-hydrogen) atoms. The van der Waals surface area contributed by atoms with E-state index in [1.807, 2.05) is 23.2 Å². The Morgan fingerprint density at radius 2 is 2.17 bits per heavy atom. The van der Waals surface area contributed by atoms with Gasteiger partial charge < -0.3 is 15.6 Å². The van der Waals surface area contributed by atoms with Crippen molar-refractivity contribution in [3.05, 3.63) is 34.4 Å². The van der Waals surface area contributed by atoms with Crippen molar-refractivity contribution in [1.29, 1.82) is 0 Å². The third-order valence-electron chi connectivity index (χ3n) is 4.41. The van der Waals surface area contributed by atoms with Gasteiger partial charge in [-0.15, -0.1) is 23.7 Å².